The minimum absolute atomic E-state index is 0.380. The summed E-state index contributed by atoms with van der Waals surface area (Å²) in [5, 5.41) is 8.74. The Balaban J connectivity index is 2.26. The van der Waals surface area contributed by atoms with Crippen molar-refractivity contribution in [2.75, 3.05) is 12.8 Å². The molecular weight excluding hydrogens is 230 g/mol. The van der Waals surface area contributed by atoms with Gasteiger partial charge in [0.1, 0.15) is 0 Å². The van der Waals surface area contributed by atoms with Crippen LogP contribution in [-0.2, 0) is 0 Å². The zero-order valence-electron chi connectivity index (χ0n) is 9.75. The van der Waals surface area contributed by atoms with Crippen molar-refractivity contribution in [1.29, 1.82) is 5.26 Å². The van der Waals surface area contributed by atoms with Crippen molar-refractivity contribution in [1.82, 2.24) is 4.98 Å². The smallest absolute Gasteiger partial charge is 0.222 e. The van der Waals surface area contributed by atoms with Gasteiger partial charge in [-0.1, -0.05) is 6.07 Å². The maximum Gasteiger partial charge on any atom is 0.222 e. The second-order valence-corrected chi connectivity index (χ2v) is 3.48. The normalized spacial score (nSPS) is 9.56. The van der Waals surface area contributed by atoms with Gasteiger partial charge in [0.15, 0.2) is 5.75 Å². The van der Waals surface area contributed by atoms with Crippen LogP contribution in [0.1, 0.15) is 5.56 Å². The lowest BCUT2D eigenvalue weighted by atomic mass is 10.2. The highest BCUT2D eigenvalue weighted by atomic mass is 16.5. The number of hydrogen-bond donors (Lipinski definition) is 1. The standard InChI is InChI=1S/C13H11N3O2/c1-17-12-3-2-4-13(16-12)18-11-6-5-9(8-14)7-10(11)15/h2-7H,15H2,1H3. The number of methoxy groups -OCH3 is 1. The van der Waals surface area contributed by atoms with Gasteiger partial charge in [-0.3, -0.25) is 0 Å². The lowest BCUT2D eigenvalue weighted by Crippen LogP contribution is -1.95. The van der Waals surface area contributed by atoms with Crippen molar-refractivity contribution in [2.45, 2.75) is 0 Å². The van der Waals surface area contributed by atoms with Crippen molar-refractivity contribution in [2.24, 2.45) is 0 Å². The molecule has 1 aromatic carbocycles. The summed E-state index contributed by atoms with van der Waals surface area (Å²) in [5.41, 5.74) is 6.65. The molecule has 90 valence electrons. The average molecular weight is 241 g/mol. The number of rotatable bonds is 3. The number of aromatic nitrogens is 1. The molecule has 1 heterocycles. The van der Waals surface area contributed by atoms with Gasteiger partial charge in [-0.15, -0.1) is 0 Å². The maximum absolute atomic E-state index is 8.74. The van der Waals surface area contributed by atoms with Crippen molar-refractivity contribution in [3.05, 3.63) is 42.0 Å². The van der Waals surface area contributed by atoms with E-state index in [1.54, 1.807) is 36.4 Å². The molecule has 5 nitrogen and oxygen atoms in total. The predicted octanol–water partition coefficient (Wildman–Crippen LogP) is 2.34. The molecule has 0 amide bonds. The van der Waals surface area contributed by atoms with Crippen LogP contribution in [0.25, 0.3) is 0 Å². The lowest BCUT2D eigenvalue weighted by molar-refractivity contribution is 0.383. The number of nitrogens with two attached hydrogens (primary N) is 1. The third kappa shape index (κ3) is 2.50. The monoisotopic (exact) mass is 241 g/mol. The van der Waals surface area contributed by atoms with Crippen molar-refractivity contribution in [3.63, 3.8) is 0 Å². The van der Waals surface area contributed by atoms with Gasteiger partial charge in [-0.05, 0) is 18.2 Å². The van der Waals surface area contributed by atoms with Crippen LogP contribution >= 0.6 is 0 Å². The van der Waals surface area contributed by atoms with Crippen LogP contribution < -0.4 is 15.2 Å². The summed E-state index contributed by atoms with van der Waals surface area (Å²) < 4.78 is 10.5. The predicted molar refractivity (Wildman–Crippen MR) is 66.4 cm³/mol. The number of nitrogens with zero attached hydrogens (tertiary/aromatic N) is 2. The molecule has 0 saturated heterocycles. The molecule has 0 atom stereocenters. The molecular formula is C13H11N3O2. The van der Waals surface area contributed by atoms with Gasteiger partial charge >= 0.3 is 0 Å². The van der Waals surface area contributed by atoms with Gasteiger partial charge in [0.2, 0.25) is 11.8 Å². The summed E-state index contributed by atoms with van der Waals surface area (Å²) in [6.45, 7) is 0. The van der Waals surface area contributed by atoms with E-state index in [4.69, 9.17) is 20.5 Å². The zero-order chi connectivity index (χ0) is 13.0. The second kappa shape index (κ2) is 5.06. The summed E-state index contributed by atoms with van der Waals surface area (Å²) in [4.78, 5) is 4.11. The Morgan fingerprint density at radius 3 is 2.67 bits per heavy atom. The third-order valence-electron chi connectivity index (χ3n) is 2.26. The SMILES string of the molecule is COc1cccc(Oc2ccc(C#N)cc2N)n1. The molecule has 2 aromatic rings. The molecule has 18 heavy (non-hydrogen) atoms. The third-order valence-corrected chi connectivity index (χ3v) is 2.26. The first kappa shape index (κ1) is 11.7. The fraction of sp³-hybridized carbons (Fsp3) is 0.0769. The number of pyridine rings is 1. The van der Waals surface area contributed by atoms with E-state index in [9.17, 15) is 0 Å². The highest BCUT2D eigenvalue weighted by Crippen LogP contribution is 2.27. The summed E-state index contributed by atoms with van der Waals surface area (Å²) in [5.74, 6) is 1.29. The van der Waals surface area contributed by atoms with Crippen LogP contribution in [0, 0.1) is 11.3 Å². The van der Waals surface area contributed by atoms with Gasteiger partial charge in [0.05, 0.1) is 24.4 Å². The fourth-order valence-electron chi connectivity index (χ4n) is 1.39. The van der Waals surface area contributed by atoms with Crippen LogP contribution in [0.2, 0.25) is 0 Å². The topological polar surface area (TPSA) is 81.2 Å². The van der Waals surface area contributed by atoms with E-state index in [1.807, 2.05) is 6.07 Å². The van der Waals surface area contributed by atoms with Gasteiger partial charge in [-0.2, -0.15) is 10.2 Å². The van der Waals surface area contributed by atoms with Gasteiger partial charge in [0.25, 0.3) is 0 Å². The quantitative estimate of drug-likeness (QED) is 0.834. The van der Waals surface area contributed by atoms with Crippen molar-refractivity contribution >= 4 is 5.69 Å². The highest BCUT2D eigenvalue weighted by Gasteiger charge is 2.05. The number of ether oxygens (including phenoxy) is 2. The van der Waals surface area contributed by atoms with E-state index in [2.05, 4.69) is 4.98 Å². The van der Waals surface area contributed by atoms with Crippen LogP contribution in [-0.4, -0.2) is 12.1 Å². The Bertz CT molecular complexity index is 605. The highest BCUT2D eigenvalue weighted by molar-refractivity contribution is 5.57. The largest absolute Gasteiger partial charge is 0.481 e. The number of nitrogen functional groups attached to an aromatic ring is 1. The number of hydrogen-bond acceptors (Lipinski definition) is 5. The molecule has 0 aliphatic rings. The van der Waals surface area contributed by atoms with Crippen molar-refractivity contribution in [3.8, 4) is 23.6 Å². The summed E-state index contributed by atoms with van der Waals surface area (Å²) in [6, 6.07) is 12.0. The molecule has 2 N–H and O–H groups in total. The molecule has 0 unspecified atom stereocenters. The molecule has 5 heteroatoms. The first-order valence-electron chi connectivity index (χ1n) is 5.21. The van der Waals surface area contributed by atoms with E-state index in [0.29, 0.717) is 28.8 Å². The van der Waals surface area contributed by atoms with Crippen LogP contribution in [0.3, 0.4) is 0 Å². The zero-order valence-corrected chi connectivity index (χ0v) is 9.75. The molecule has 2 rings (SSSR count). The van der Waals surface area contributed by atoms with Gasteiger partial charge in [-0.25, -0.2) is 0 Å². The molecule has 0 saturated carbocycles. The minimum atomic E-state index is 0.380. The molecule has 0 radical (unpaired) electrons. The van der Waals surface area contributed by atoms with E-state index in [1.165, 1.54) is 7.11 Å². The summed E-state index contributed by atoms with van der Waals surface area (Å²) >= 11 is 0. The number of nitriles is 1. The van der Waals surface area contributed by atoms with Gasteiger partial charge in [0, 0.05) is 12.1 Å². The van der Waals surface area contributed by atoms with Crippen LogP contribution in [0.5, 0.6) is 17.5 Å². The van der Waals surface area contributed by atoms with E-state index in [0.717, 1.165) is 0 Å². The maximum atomic E-state index is 8.74. The summed E-state index contributed by atoms with van der Waals surface area (Å²) in [7, 11) is 1.53. The molecule has 0 aliphatic carbocycles. The minimum Gasteiger partial charge on any atom is -0.481 e. The summed E-state index contributed by atoms with van der Waals surface area (Å²) in [6.07, 6.45) is 0. The number of benzene rings is 1. The molecule has 0 spiro atoms. The van der Waals surface area contributed by atoms with E-state index < -0.39 is 0 Å². The first-order chi connectivity index (χ1) is 8.72. The van der Waals surface area contributed by atoms with Crippen LogP contribution in [0.15, 0.2) is 36.4 Å². The number of anilines is 1. The van der Waals surface area contributed by atoms with E-state index in [-0.39, 0.29) is 0 Å². The van der Waals surface area contributed by atoms with Crippen LogP contribution in [0.4, 0.5) is 5.69 Å². The molecule has 1 aromatic heterocycles. The first-order valence-corrected chi connectivity index (χ1v) is 5.21. The molecule has 0 fully saturated rings. The van der Waals surface area contributed by atoms with E-state index >= 15 is 0 Å². The Morgan fingerprint density at radius 2 is 2.00 bits per heavy atom. The Hall–Kier alpha value is -2.74. The lowest BCUT2D eigenvalue weighted by Gasteiger charge is -2.08. The Labute approximate surface area is 104 Å². The molecule has 0 bridgehead atoms. The average Bonchev–Trinajstić information content (AvgIpc) is 2.41. The van der Waals surface area contributed by atoms with Crippen molar-refractivity contribution < 1.29 is 9.47 Å². The Kier molecular flexibility index (Phi) is 3.30. The molecule has 0 aliphatic heterocycles. The Morgan fingerprint density at radius 1 is 1.22 bits per heavy atom. The van der Waals surface area contributed by atoms with Gasteiger partial charge < -0.3 is 15.2 Å². The fourth-order valence-corrected chi connectivity index (χ4v) is 1.39. The second-order valence-electron chi connectivity index (χ2n) is 3.48.